The molecule has 0 bridgehead atoms. The van der Waals surface area contributed by atoms with Gasteiger partial charge in [-0.1, -0.05) is 90.5 Å². The molecule has 0 aliphatic heterocycles. The predicted octanol–water partition coefficient (Wildman–Crippen LogP) is 4.13. The zero-order valence-electron chi connectivity index (χ0n) is 18.0. The molecule has 31 heavy (non-hydrogen) atoms. The second kappa shape index (κ2) is 11.2. The predicted molar refractivity (Wildman–Crippen MR) is 125 cm³/mol. The van der Waals surface area contributed by atoms with Crippen LogP contribution >= 0.6 is 0 Å². The summed E-state index contributed by atoms with van der Waals surface area (Å²) in [5.41, 5.74) is 4.26. The summed E-state index contributed by atoms with van der Waals surface area (Å²) in [6.45, 7) is 3.70. The Kier molecular flexibility index (Phi) is 8.37. The van der Waals surface area contributed by atoms with E-state index in [2.05, 4.69) is 41.2 Å². The Balaban J connectivity index is 1.71. The minimum Gasteiger partial charge on any atom is -0.375 e. The molecule has 2 N–H and O–H groups in total. The molecule has 3 aromatic carbocycles. The molecular formula is C25H30N2O3S. The van der Waals surface area contributed by atoms with Crippen LogP contribution in [0.15, 0.2) is 84.9 Å². The first-order valence-corrected chi connectivity index (χ1v) is 12.3. The summed E-state index contributed by atoms with van der Waals surface area (Å²) >= 11 is 0. The molecule has 3 aromatic rings. The number of nitrogens with one attached hydrogen (secondary N) is 2. The highest BCUT2D eigenvalue weighted by Crippen LogP contribution is 2.29. The largest absolute Gasteiger partial charge is 0.375 e. The van der Waals surface area contributed by atoms with Gasteiger partial charge in [0.25, 0.3) is 0 Å². The van der Waals surface area contributed by atoms with E-state index in [0.29, 0.717) is 19.8 Å². The molecule has 0 spiro atoms. The van der Waals surface area contributed by atoms with Gasteiger partial charge in [0.2, 0.25) is 10.0 Å². The summed E-state index contributed by atoms with van der Waals surface area (Å²) in [5, 5.41) is 3.50. The van der Waals surface area contributed by atoms with Crippen molar-refractivity contribution in [1.29, 1.82) is 0 Å². The summed E-state index contributed by atoms with van der Waals surface area (Å²) in [5.74, 6) is 0. The van der Waals surface area contributed by atoms with E-state index >= 15 is 0 Å². The molecule has 2 unspecified atom stereocenters. The Morgan fingerprint density at radius 3 is 1.90 bits per heavy atom. The maximum absolute atomic E-state index is 12.1. The highest BCUT2D eigenvalue weighted by atomic mass is 32.2. The van der Waals surface area contributed by atoms with Gasteiger partial charge in [-0.15, -0.1) is 0 Å². The van der Waals surface area contributed by atoms with Crippen molar-refractivity contribution in [3.8, 4) is 0 Å². The molecule has 0 aromatic heterocycles. The van der Waals surface area contributed by atoms with Crippen molar-refractivity contribution in [1.82, 2.24) is 10.0 Å². The highest BCUT2D eigenvalue weighted by Gasteiger charge is 2.27. The van der Waals surface area contributed by atoms with Gasteiger partial charge in [0.15, 0.2) is 0 Å². The molecule has 0 saturated heterocycles. The smallest absolute Gasteiger partial charge is 0.209 e. The van der Waals surface area contributed by atoms with E-state index in [-0.39, 0.29) is 6.04 Å². The van der Waals surface area contributed by atoms with Crippen LogP contribution in [0.4, 0.5) is 0 Å². The van der Waals surface area contributed by atoms with E-state index < -0.39 is 16.1 Å². The first-order chi connectivity index (χ1) is 14.9. The van der Waals surface area contributed by atoms with Crippen molar-refractivity contribution >= 4 is 10.0 Å². The lowest BCUT2D eigenvalue weighted by molar-refractivity contribution is 0.119. The molecule has 3 rings (SSSR count). The molecular weight excluding hydrogens is 408 g/mol. The Morgan fingerprint density at radius 2 is 1.35 bits per heavy atom. The second-order valence-electron chi connectivity index (χ2n) is 7.66. The van der Waals surface area contributed by atoms with Crippen LogP contribution < -0.4 is 10.0 Å². The van der Waals surface area contributed by atoms with Crippen molar-refractivity contribution in [3.63, 3.8) is 0 Å². The molecule has 0 aliphatic carbocycles. The van der Waals surface area contributed by atoms with Crippen LogP contribution in [0, 0.1) is 6.92 Å². The van der Waals surface area contributed by atoms with Gasteiger partial charge >= 0.3 is 0 Å². The van der Waals surface area contributed by atoms with Gasteiger partial charge in [-0.2, -0.15) is 0 Å². The first-order valence-electron chi connectivity index (χ1n) is 10.4. The third-order valence-corrected chi connectivity index (χ3v) is 5.67. The molecule has 0 radical (unpaired) electrons. The normalized spacial score (nSPS) is 13.6. The summed E-state index contributed by atoms with van der Waals surface area (Å²) in [6.07, 6.45) is 1.19. The lowest BCUT2D eigenvalue weighted by atomic mass is 9.94. The molecule has 2 atom stereocenters. The van der Waals surface area contributed by atoms with E-state index in [1.807, 2.05) is 60.7 Å². The van der Waals surface area contributed by atoms with E-state index in [0.717, 1.165) is 16.7 Å². The Labute approximate surface area is 185 Å². The van der Waals surface area contributed by atoms with Crippen LogP contribution in [0.5, 0.6) is 0 Å². The van der Waals surface area contributed by atoms with E-state index in [1.54, 1.807) is 0 Å². The number of ether oxygens (including phenoxy) is 1. The van der Waals surface area contributed by atoms with Gasteiger partial charge in [-0.25, -0.2) is 13.1 Å². The fraction of sp³-hybridized carbons (Fsp3) is 0.280. The zero-order valence-corrected chi connectivity index (χ0v) is 18.8. The van der Waals surface area contributed by atoms with Gasteiger partial charge in [-0.3, -0.25) is 0 Å². The van der Waals surface area contributed by atoms with Crippen LogP contribution in [-0.4, -0.2) is 27.8 Å². The Bertz CT molecular complexity index is 1020. The second-order valence-corrected chi connectivity index (χ2v) is 9.44. The van der Waals surface area contributed by atoms with Gasteiger partial charge in [0, 0.05) is 6.54 Å². The van der Waals surface area contributed by atoms with Gasteiger partial charge in [0.05, 0.1) is 31.6 Å². The number of benzene rings is 3. The lowest BCUT2D eigenvalue weighted by Crippen LogP contribution is -2.39. The topological polar surface area (TPSA) is 67.4 Å². The molecule has 0 saturated carbocycles. The van der Waals surface area contributed by atoms with E-state index in [1.165, 1.54) is 11.8 Å². The van der Waals surface area contributed by atoms with Crippen molar-refractivity contribution in [2.75, 3.05) is 19.4 Å². The van der Waals surface area contributed by atoms with E-state index in [4.69, 9.17) is 4.74 Å². The van der Waals surface area contributed by atoms with Crippen molar-refractivity contribution in [3.05, 3.63) is 107 Å². The molecule has 5 nitrogen and oxygen atoms in total. The van der Waals surface area contributed by atoms with Gasteiger partial charge < -0.3 is 10.1 Å². The summed E-state index contributed by atoms with van der Waals surface area (Å²) in [7, 11) is -3.42. The van der Waals surface area contributed by atoms with Crippen LogP contribution in [0.2, 0.25) is 0 Å². The molecule has 0 heterocycles. The highest BCUT2D eigenvalue weighted by molar-refractivity contribution is 7.88. The molecule has 0 aliphatic rings. The summed E-state index contributed by atoms with van der Waals surface area (Å²) in [4.78, 5) is 0. The number of hydrogen-bond acceptors (Lipinski definition) is 4. The minimum absolute atomic E-state index is 0.249. The van der Waals surface area contributed by atoms with Crippen molar-refractivity contribution in [2.24, 2.45) is 0 Å². The van der Waals surface area contributed by atoms with Gasteiger partial charge in [-0.05, 0) is 23.6 Å². The van der Waals surface area contributed by atoms with Crippen LogP contribution in [0.3, 0.4) is 0 Å². The molecule has 0 amide bonds. The molecule has 0 fully saturated rings. The number of sulfonamides is 1. The van der Waals surface area contributed by atoms with Crippen LogP contribution in [0.1, 0.15) is 34.3 Å². The number of hydrogen-bond donors (Lipinski definition) is 2. The monoisotopic (exact) mass is 438 g/mol. The zero-order chi connectivity index (χ0) is 22.1. The average Bonchev–Trinajstić information content (AvgIpc) is 2.77. The minimum atomic E-state index is -3.42. The fourth-order valence-electron chi connectivity index (χ4n) is 3.47. The lowest BCUT2D eigenvalue weighted by Gasteiger charge is -2.29. The van der Waals surface area contributed by atoms with Crippen LogP contribution in [0.25, 0.3) is 0 Å². The third-order valence-electron chi connectivity index (χ3n) is 4.99. The fourth-order valence-corrected chi connectivity index (χ4v) is 4.20. The van der Waals surface area contributed by atoms with Crippen molar-refractivity contribution < 1.29 is 13.2 Å². The SMILES string of the molecule is Cc1ccc(COCCNC(c2ccccc2)C(NS(C)(=O)=O)c2ccccc2)cc1. The Morgan fingerprint density at radius 1 is 0.806 bits per heavy atom. The number of rotatable bonds is 11. The number of aryl methyl sites for hydroxylation is 1. The van der Waals surface area contributed by atoms with Crippen molar-refractivity contribution in [2.45, 2.75) is 25.6 Å². The maximum Gasteiger partial charge on any atom is 0.209 e. The standard InChI is InChI=1S/C25H30N2O3S/c1-20-13-15-21(16-14-20)19-30-18-17-26-24(22-9-5-3-6-10-22)25(27-31(2,28)29)23-11-7-4-8-12-23/h3-16,24-27H,17-19H2,1-2H3. The van der Waals surface area contributed by atoms with Gasteiger partial charge in [0.1, 0.15) is 0 Å². The third kappa shape index (κ3) is 7.60. The molecule has 6 heteroatoms. The summed E-state index contributed by atoms with van der Waals surface area (Å²) < 4.78 is 32.9. The average molecular weight is 439 g/mol. The van der Waals surface area contributed by atoms with Crippen LogP contribution in [-0.2, 0) is 21.4 Å². The Hall–Kier alpha value is -2.51. The quantitative estimate of drug-likeness (QED) is 0.442. The first kappa shape index (κ1) is 23.2. The van der Waals surface area contributed by atoms with E-state index in [9.17, 15) is 8.42 Å². The summed E-state index contributed by atoms with van der Waals surface area (Å²) in [6, 6.07) is 27.1. The maximum atomic E-state index is 12.1. The molecule has 164 valence electrons.